The second-order valence-corrected chi connectivity index (χ2v) is 6.38. The van der Waals surface area contributed by atoms with Gasteiger partial charge in [0.1, 0.15) is 17.1 Å². The zero-order valence-corrected chi connectivity index (χ0v) is 16.3. The van der Waals surface area contributed by atoms with E-state index in [-0.39, 0.29) is 11.3 Å². The van der Waals surface area contributed by atoms with Crippen LogP contribution in [0.1, 0.15) is 17.0 Å². The summed E-state index contributed by atoms with van der Waals surface area (Å²) in [5, 5.41) is 8.88. The van der Waals surface area contributed by atoms with Crippen molar-refractivity contribution in [2.75, 3.05) is 14.2 Å². The molecule has 0 spiro atoms. The third-order valence-corrected chi connectivity index (χ3v) is 4.22. The van der Waals surface area contributed by atoms with Crippen LogP contribution in [0.15, 0.2) is 53.8 Å². The molecule has 156 valence electrons. The van der Waals surface area contributed by atoms with Crippen LogP contribution in [0.5, 0.6) is 5.75 Å². The number of pyridine rings is 1. The number of H-pyrrole nitrogens is 1. The van der Waals surface area contributed by atoms with Crippen LogP contribution >= 0.6 is 0 Å². The molecule has 1 N–H and O–H groups in total. The molecule has 0 aliphatic carbocycles. The van der Waals surface area contributed by atoms with E-state index in [0.717, 1.165) is 11.3 Å². The number of hydrogen-bond donors (Lipinski definition) is 1. The van der Waals surface area contributed by atoms with E-state index in [9.17, 15) is 13.2 Å². The Bertz CT molecular complexity index is 1040. The largest absolute Gasteiger partial charge is 0.497 e. The minimum atomic E-state index is -4.63. The van der Waals surface area contributed by atoms with E-state index in [0.29, 0.717) is 17.9 Å². The standard InChI is InChI=1S/C20H19F3N6O/c1-24-17(12-29(2)11-13-4-6-15(30-3)7-5-13)16-10-14(8-9-25-16)18-19(20(21,22)23)27-28-26-18/h4-10,12H,1,11H2,2-3H3,(H,26,27,28)/b17-12-. The van der Waals surface area contributed by atoms with Crippen molar-refractivity contribution in [3.8, 4) is 17.0 Å². The van der Waals surface area contributed by atoms with Gasteiger partial charge < -0.3 is 9.64 Å². The monoisotopic (exact) mass is 416 g/mol. The van der Waals surface area contributed by atoms with Crippen molar-refractivity contribution in [3.05, 3.63) is 65.7 Å². The number of benzene rings is 1. The Morgan fingerprint density at radius 3 is 2.60 bits per heavy atom. The second kappa shape index (κ2) is 8.76. The quantitative estimate of drug-likeness (QED) is 0.589. The van der Waals surface area contributed by atoms with Crippen LogP contribution in [0, 0.1) is 0 Å². The first-order chi connectivity index (χ1) is 14.3. The summed E-state index contributed by atoms with van der Waals surface area (Å²) in [6, 6.07) is 10.5. The fourth-order valence-corrected chi connectivity index (χ4v) is 2.81. The van der Waals surface area contributed by atoms with E-state index in [1.165, 1.54) is 18.3 Å². The molecule has 0 atom stereocenters. The number of hydrogen-bond acceptors (Lipinski definition) is 6. The molecule has 0 bridgehead atoms. The second-order valence-electron chi connectivity index (χ2n) is 6.38. The van der Waals surface area contributed by atoms with Gasteiger partial charge in [-0.15, -0.1) is 0 Å². The van der Waals surface area contributed by atoms with E-state index in [4.69, 9.17) is 4.74 Å². The average molecular weight is 416 g/mol. The molecule has 1 aromatic carbocycles. The van der Waals surface area contributed by atoms with Gasteiger partial charge in [-0.2, -0.15) is 28.6 Å². The first-order valence-electron chi connectivity index (χ1n) is 8.78. The molecule has 0 amide bonds. The number of alkyl halides is 3. The summed E-state index contributed by atoms with van der Waals surface area (Å²) in [4.78, 5) is 10.1. The maximum atomic E-state index is 13.1. The van der Waals surface area contributed by atoms with Gasteiger partial charge in [0.05, 0.1) is 12.8 Å². The van der Waals surface area contributed by atoms with Gasteiger partial charge in [0.25, 0.3) is 0 Å². The number of methoxy groups -OCH3 is 1. The van der Waals surface area contributed by atoms with Gasteiger partial charge >= 0.3 is 6.18 Å². The number of ether oxygens (including phenoxy) is 1. The summed E-state index contributed by atoms with van der Waals surface area (Å²) in [6.45, 7) is 4.13. The number of aliphatic imine (C=N–C) groups is 1. The lowest BCUT2D eigenvalue weighted by Gasteiger charge is -2.16. The fraction of sp³-hybridized carbons (Fsp3) is 0.200. The maximum Gasteiger partial charge on any atom is 0.437 e. The number of nitrogens with zero attached hydrogens (tertiary/aromatic N) is 5. The average Bonchev–Trinajstić information content (AvgIpc) is 3.23. The van der Waals surface area contributed by atoms with Gasteiger partial charge in [-0.3, -0.25) is 9.98 Å². The van der Waals surface area contributed by atoms with Crippen molar-refractivity contribution >= 4 is 12.4 Å². The summed E-state index contributed by atoms with van der Waals surface area (Å²) in [7, 11) is 3.45. The summed E-state index contributed by atoms with van der Waals surface area (Å²) >= 11 is 0. The third-order valence-electron chi connectivity index (χ3n) is 4.22. The summed E-state index contributed by atoms with van der Waals surface area (Å²) in [5.41, 5.74) is 0.630. The molecule has 0 saturated heterocycles. The predicted octanol–water partition coefficient (Wildman–Crippen LogP) is 4.03. The van der Waals surface area contributed by atoms with Gasteiger partial charge in [-0.05, 0) is 36.5 Å². The van der Waals surface area contributed by atoms with Crippen LogP contribution in [-0.4, -0.2) is 46.2 Å². The zero-order chi connectivity index (χ0) is 21.7. The SMILES string of the molecule is C=N/C(=C\N(C)Cc1ccc(OC)cc1)c1cc(-c2n[nH]nc2C(F)(F)F)ccn1. The van der Waals surface area contributed by atoms with Gasteiger partial charge in [0.15, 0.2) is 5.69 Å². The number of nitrogens with one attached hydrogen (secondary N) is 1. The van der Waals surface area contributed by atoms with Crippen LogP contribution in [0.4, 0.5) is 13.2 Å². The Morgan fingerprint density at radius 1 is 1.23 bits per heavy atom. The molecule has 0 aliphatic heterocycles. The van der Waals surface area contributed by atoms with Crippen molar-refractivity contribution in [1.82, 2.24) is 25.3 Å². The summed E-state index contributed by atoms with van der Waals surface area (Å²) in [6.07, 6.45) is -1.52. The highest BCUT2D eigenvalue weighted by molar-refractivity contribution is 5.70. The van der Waals surface area contributed by atoms with Crippen LogP contribution < -0.4 is 4.74 Å². The highest BCUT2D eigenvalue weighted by Gasteiger charge is 2.38. The minimum Gasteiger partial charge on any atom is -0.497 e. The molecule has 7 nitrogen and oxygen atoms in total. The topological polar surface area (TPSA) is 79.3 Å². The minimum absolute atomic E-state index is 0.216. The van der Waals surface area contributed by atoms with E-state index < -0.39 is 11.9 Å². The van der Waals surface area contributed by atoms with E-state index in [2.05, 4.69) is 26.9 Å². The molecule has 0 unspecified atom stereocenters. The van der Waals surface area contributed by atoms with Gasteiger partial charge in [0, 0.05) is 31.6 Å². The van der Waals surface area contributed by atoms with Crippen LogP contribution in [0.25, 0.3) is 17.0 Å². The number of rotatable bonds is 7. The Morgan fingerprint density at radius 2 is 1.97 bits per heavy atom. The number of aromatic nitrogens is 4. The molecular weight excluding hydrogens is 397 g/mol. The zero-order valence-electron chi connectivity index (χ0n) is 16.3. The van der Waals surface area contributed by atoms with Crippen molar-refractivity contribution in [1.29, 1.82) is 0 Å². The Hall–Kier alpha value is -3.69. The van der Waals surface area contributed by atoms with Crippen LogP contribution in [0.2, 0.25) is 0 Å². The third kappa shape index (κ3) is 4.83. The maximum absolute atomic E-state index is 13.1. The Balaban J connectivity index is 1.85. The molecule has 0 radical (unpaired) electrons. The molecule has 3 aromatic rings. The van der Waals surface area contributed by atoms with Crippen LogP contribution in [0.3, 0.4) is 0 Å². The molecule has 0 aliphatic rings. The molecule has 0 saturated carbocycles. The normalized spacial score (nSPS) is 12.0. The molecular formula is C20H19F3N6O. The first kappa shape index (κ1) is 21.0. The Labute approximate surface area is 170 Å². The van der Waals surface area contributed by atoms with Gasteiger partial charge in [-0.25, -0.2) is 0 Å². The summed E-state index contributed by atoms with van der Waals surface area (Å²) in [5.74, 6) is 0.762. The highest BCUT2D eigenvalue weighted by Crippen LogP contribution is 2.34. The Kier molecular flexibility index (Phi) is 6.14. The predicted molar refractivity (Wildman–Crippen MR) is 107 cm³/mol. The van der Waals surface area contributed by atoms with Crippen molar-refractivity contribution < 1.29 is 17.9 Å². The van der Waals surface area contributed by atoms with E-state index in [1.54, 1.807) is 13.3 Å². The first-order valence-corrected chi connectivity index (χ1v) is 8.78. The molecule has 2 heterocycles. The lowest BCUT2D eigenvalue weighted by Crippen LogP contribution is -2.11. The molecule has 3 rings (SSSR count). The van der Waals surface area contributed by atoms with Crippen molar-refractivity contribution in [3.63, 3.8) is 0 Å². The van der Waals surface area contributed by atoms with Crippen molar-refractivity contribution in [2.45, 2.75) is 12.7 Å². The van der Waals surface area contributed by atoms with Gasteiger partial charge in [-0.1, -0.05) is 12.1 Å². The lowest BCUT2D eigenvalue weighted by atomic mass is 10.1. The molecule has 30 heavy (non-hydrogen) atoms. The van der Waals surface area contributed by atoms with Crippen molar-refractivity contribution in [2.24, 2.45) is 4.99 Å². The smallest absolute Gasteiger partial charge is 0.437 e. The lowest BCUT2D eigenvalue weighted by molar-refractivity contribution is -0.140. The molecule has 2 aromatic heterocycles. The molecule has 0 fully saturated rings. The number of aromatic amines is 1. The highest BCUT2D eigenvalue weighted by atomic mass is 19.4. The number of halogens is 3. The summed E-state index contributed by atoms with van der Waals surface area (Å²) < 4.78 is 44.5. The van der Waals surface area contributed by atoms with Gasteiger partial charge in [0.2, 0.25) is 0 Å². The van der Waals surface area contributed by atoms with E-state index >= 15 is 0 Å². The van der Waals surface area contributed by atoms with E-state index in [1.807, 2.05) is 41.4 Å². The molecule has 10 heteroatoms. The van der Waals surface area contributed by atoms with Crippen LogP contribution in [-0.2, 0) is 12.7 Å². The fourth-order valence-electron chi connectivity index (χ4n) is 2.81.